The van der Waals surface area contributed by atoms with Crippen LogP contribution in [0.15, 0.2) is 36.4 Å². The van der Waals surface area contributed by atoms with Crippen molar-refractivity contribution >= 4 is 11.6 Å². The van der Waals surface area contributed by atoms with Crippen molar-refractivity contribution in [3.8, 4) is 17.2 Å². The number of hydrogen-bond donors (Lipinski definition) is 1. The average Bonchev–Trinajstić information content (AvgIpc) is 2.60. The molecule has 0 bridgehead atoms. The zero-order valence-corrected chi connectivity index (χ0v) is 15.4. The number of amides is 1. The molecule has 134 valence electrons. The molecule has 1 unspecified atom stereocenters. The Morgan fingerprint density at radius 3 is 2.28 bits per heavy atom. The number of nitrogens with one attached hydrogen (secondary N) is 1. The number of hydrogen-bond acceptors (Lipinski definition) is 4. The first-order valence-corrected chi connectivity index (χ1v) is 8.25. The Morgan fingerprint density at radius 2 is 1.68 bits per heavy atom. The van der Waals surface area contributed by atoms with Crippen molar-refractivity contribution in [2.45, 2.75) is 33.3 Å². The SMILES string of the molecule is CCC(Oc1ccc(C)cc1C)C(=O)Nc1ccc(OC)c(OC)c1. The minimum atomic E-state index is -0.575. The summed E-state index contributed by atoms with van der Waals surface area (Å²) < 4.78 is 16.4. The van der Waals surface area contributed by atoms with E-state index in [0.29, 0.717) is 23.6 Å². The van der Waals surface area contributed by atoms with E-state index in [0.717, 1.165) is 16.9 Å². The first-order chi connectivity index (χ1) is 12.0. The molecule has 2 aromatic carbocycles. The highest BCUT2D eigenvalue weighted by atomic mass is 16.5. The molecule has 0 aliphatic heterocycles. The van der Waals surface area contributed by atoms with Gasteiger partial charge in [-0.05, 0) is 44.0 Å². The van der Waals surface area contributed by atoms with Gasteiger partial charge < -0.3 is 19.5 Å². The molecule has 0 saturated heterocycles. The van der Waals surface area contributed by atoms with Gasteiger partial charge in [-0.3, -0.25) is 4.79 Å². The molecule has 1 atom stereocenters. The molecular weight excluding hydrogens is 318 g/mol. The van der Waals surface area contributed by atoms with Crippen LogP contribution in [-0.2, 0) is 4.79 Å². The van der Waals surface area contributed by atoms with Crippen LogP contribution >= 0.6 is 0 Å². The maximum Gasteiger partial charge on any atom is 0.265 e. The highest BCUT2D eigenvalue weighted by Crippen LogP contribution is 2.30. The lowest BCUT2D eigenvalue weighted by Gasteiger charge is -2.19. The Hall–Kier alpha value is -2.69. The van der Waals surface area contributed by atoms with Crippen LogP contribution in [0.4, 0.5) is 5.69 Å². The molecule has 0 spiro atoms. The number of methoxy groups -OCH3 is 2. The van der Waals surface area contributed by atoms with Gasteiger partial charge in [0.2, 0.25) is 0 Å². The van der Waals surface area contributed by atoms with Crippen molar-refractivity contribution in [3.05, 3.63) is 47.5 Å². The zero-order chi connectivity index (χ0) is 18.4. The predicted molar refractivity (Wildman–Crippen MR) is 98.8 cm³/mol. The first-order valence-electron chi connectivity index (χ1n) is 8.25. The molecule has 0 saturated carbocycles. The fraction of sp³-hybridized carbons (Fsp3) is 0.350. The summed E-state index contributed by atoms with van der Waals surface area (Å²) in [6.45, 7) is 5.92. The van der Waals surface area contributed by atoms with Crippen LogP contribution in [0.25, 0.3) is 0 Å². The highest BCUT2D eigenvalue weighted by molar-refractivity contribution is 5.94. The second kappa shape index (κ2) is 8.42. The Bertz CT molecular complexity index is 742. The van der Waals surface area contributed by atoms with Gasteiger partial charge in [-0.2, -0.15) is 0 Å². The van der Waals surface area contributed by atoms with Gasteiger partial charge in [-0.25, -0.2) is 0 Å². The van der Waals surface area contributed by atoms with E-state index in [9.17, 15) is 4.79 Å². The van der Waals surface area contributed by atoms with Crippen molar-refractivity contribution in [3.63, 3.8) is 0 Å². The van der Waals surface area contributed by atoms with Crippen molar-refractivity contribution in [1.29, 1.82) is 0 Å². The van der Waals surface area contributed by atoms with Crippen LogP contribution in [0.2, 0.25) is 0 Å². The van der Waals surface area contributed by atoms with E-state index in [1.54, 1.807) is 32.4 Å². The molecule has 2 aromatic rings. The van der Waals surface area contributed by atoms with Crippen LogP contribution in [0, 0.1) is 13.8 Å². The third kappa shape index (κ3) is 4.66. The molecule has 1 amide bonds. The summed E-state index contributed by atoms with van der Waals surface area (Å²) >= 11 is 0. The van der Waals surface area contributed by atoms with Crippen molar-refractivity contribution < 1.29 is 19.0 Å². The first kappa shape index (κ1) is 18.6. The Morgan fingerprint density at radius 1 is 1.00 bits per heavy atom. The second-order valence-electron chi connectivity index (χ2n) is 5.84. The van der Waals surface area contributed by atoms with Crippen molar-refractivity contribution in [2.24, 2.45) is 0 Å². The van der Waals surface area contributed by atoms with Crippen LogP contribution in [0.3, 0.4) is 0 Å². The normalized spacial score (nSPS) is 11.6. The van der Waals surface area contributed by atoms with Gasteiger partial charge in [0.1, 0.15) is 5.75 Å². The Labute approximate surface area is 148 Å². The average molecular weight is 343 g/mol. The molecule has 2 rings (SSSR count). The Kier molecular flexibility index (Phi) is 6.28. The van der Waals surface area contributed by atoms with E-state index in [4.69, 9.17) is 14.2 Å². The number of carbonyl (C=O) groups is 1. The summed E-state index contributed by atoms with van der Waals surface area (Å²) in [4.78, 5) is 12.6. The molecule has 1 N–H and O–H groups in total. The van der Waals surface area contributed by atoms with E-state index in [2.05, 4.69) is 5.32 Å². The fourth-order valence-electron chi connectivity index (χ4n) is 2.54. The second-order valence-corrected chi connectivity index (χ2v) is 5.84. The third-order valence-corrected chi connectivity index (χ3v) is 3.91. The molecule has 0 aromatic heterocycles. The summed E-state index contributed by atoms with van der Waals surface area (Å²) in [5.74, 6) is 1.69. The lowest BCUT2D eigenvalue weighted by molar-refractivity contribution is -0.122. The van der Waals surface area contributed by atoms with E-state index in [1.165, 1.54) is 0 Å². The summed E-state index contributed by atoms with van der Waals surface area (Å²) in [7, 11) is 3.13. The van der Waals surface area contributed by atoms with Crippen molar-refractivity contribution in [2.75, 3.05) is 19.5 Å². The number of aryl methyl sites for hydroxylation is 2. The van der Waals surface area contributed by atoms with Crippen LogP contribution in [0.5, 0.6) is 17.2 Å². The zero-order valence-electron chi connectivity index (χ0n) is 15.4. The van der Waals surface area contributed by atoms with Gasteiger partial charge in [0.05, 0.1) is 14.2 Å². The summed E-state index contributed by atoms with van der Waals surface area (Å²) in [5, 5.41) is 2.87. The van der Waals surface area contributed by atoms with Crippen molar-refractivity contribution in [1.82, 2.24) is 0 Å². The van der Waals surface area contributed by atoms with Gasteiger partial charge in [0.25, 0.3) is 5.91 Å². The minimum Gasteiger partial charge on any atom is -0.493 e. The summed E-state index contributed by atoms with van der Waals surface area (Å²) in [6.07, 6.45) is -0.0126. The molecule has 0 radical (unpaired) electrons. The summed E-state index contributed by atoms with van der Waals surface area (Å²) in [5.41, 5.74) is 2.80. The lowest BCUT2D eigenvalue weighted by Crippen LogP contribution is -2.32. The molecule has 5 heteroatoms. The van der Waals surface area contributed by atoms with E-state index in [1.807, 2.05) is 39.0 Å². The summed E-state index contributed by atoms with van der Waals surface area (Å²) in [6, 6.07) is 11.1. The van der Waals surface area contributed by atoms with E-state index in [-0.39, 0.29) is 5.91 Å². The number of ether oxygens (including phenoxy) is 3. The number of carbonyl (C=O) groups excluding carboxylic acids is 1. The van der Waals surface area contributed by atoms with Crippen LogP contribution in [-0.4, -0.2) is 26.2 Å². The molecule has 0 aliphatic carbocycles. The highest BCUT2D eigenvalue weighted by Gasteiger charge is 2.20. The quantitative estimate of drug-likeness (QED) is 0.822. The molecular formula is C20H25NO4. The van der Waals surface area contributed by atoms with Crippen LogP contribution < -0.4 is 19.5 Å². The molecule has 25 heavy (non-hydrogen) atoms. The van der Waals surface area contributed by atoms with Gasteiger partial charge in [0, 0.05) is 11.8 Å². The monoisotopic (exact) mass is 343 g/mol. The lowest BCUT2D eigenvalue weighted by atomic mass is 10.1. The number of benzene rings is 2. The van der Waals surface area contributed by atoms with E-state index < -0.39 is 6.10 Å². The van der Waals surface area contributed by atoms with E-state index >= 15 is 0 Å². The Balaban J connectivity index is 2.12. The number of anilines is 1. The fourth-order valence-corrected chi connectivity index (χ4v) is 2.54. The predicted octanol–water partition coefficient (Wildman–Crippen LogP) is 4.12. The largest absolute Gasteiger partial charge is 0.493 e. The van der Waals surface area contributed by atoms with Crippen LogP contribution in [0.1, 0.15) is 24.5 Å². The maximum absolute atomic E-state index is 12.6. The third-order valence-electron chi connectivity index (χ3n) is 3.91. The molecule has 0 fully saturated rings. The molecule has 0 heterocycles. The topological polar surface area (TPSA) is 56.8 Å². The van der Waals surface area contributed by atoms with Gasteiger partial charge in [-0.15, -0.1) is 0 Å². The number of rotatable bonds is 7. The molecule has 0 aliphatic rings. The van der Waals surface area contributed by atoms with Gasteiger partial charge >= 0.3 is 0 Å². The minimum absolute atomic E-state index is 0.199. The van der Waals surface area contributed by atoms with Gasteiger partial charge in [0.15, 0.2) is 17.6 Å². The van der Waals surface area contributed by atoms with Gasteiger partial charge in [-0.1, -0.05) is 24.6 Å². The standard InChI is InChI=1S/C20H25NO4/c1-6-16(25-17-9-7-13(2)11-14(17)3)20(22)21-15-8-10-18(23-4)19(12-15)24-5/h7-12,16H,6H2,1-5H3,(H,21,22). The smallest absolute Gasteiger partial charge is 0.265 e. The maximum atomic E-state index is 12.6. The molecule has 5 nitrogen and oxygen atoms in total.